The summed E-state index contributed by atoms with van der Waals surface area (Å²) in [5.41, 5.74) is -0.218. The number of aromatic nitrogens is 1. The summed E-state index contributed by atoms with van der Waals surface area (Å²) in [4.78, 5) is 35.3. The number of rotatable bonds is 2. The van der Waals surface area contributed by atoms with Crippen molar-refractivity contribution in [2.75, 3.05) is 13.1 Å². The highest BCUT2D eigenvalue weighted by Crippen LogP contribution is 2.19. The maximum Gasteiger partial charge on any atom is 0.406 e. The zero-order chi connectivity index (χ0) is 14.9. The fourth-order valence-electron chi connectivity index (χ4n) is 1.88. The summed E-state index contributed by atoms with van der Waals surface area (Å²) >= 11 is 0. The normalized spacial score (nSPS) is 16.2. The highest BCUT2D eigenvalue weighted by Gasteiger charge is 2.32. The van der Waals surface area contributed by atoms with Crippen LogP contribution in [-0.4, -0.2) is 46.5 Å². The highest BCUT2D eigenvalue weighted by molar-refractivity contribution is 6.05. The lowest BCUT2D eigenvalue weighted by Gasteiger charge is -2.26. The van der Waals surface area contributed by atoms with Crippen LogP contribution in [0.25, 0.3) is 0 Å². The molecule has 1 aliphatic heterocycles. The molecule has 3 amide bonds. The third kappa shape index (κ3) is 3.16. The number of carbonyl (C=O) groups is 3. The molecule has 2 heterocycles. The molecule has 2 rings (SSSR count). The van der Waals surface area contributed by atoms with E-state index in [1.54, 1.807) is 0 Å². The van der Waals surface area contributed by atoms with Gasteiger partial charge >= 0.3 is 6.18 Å². The van der Waals surface area contributed by atoms with Crippen LogP contribution in [0.5, 0.6) is 0 Å². The van der Waals surface area contributed by atoms with Gasteiger partial charge in [0.25, 0.3) is 5.91 Å². The van der Waals surface area contributed by atoms with Crippen molar-refractivity contribution in [2.24, 2.45) is 0 Å². The van der Waals surface area contributed by atoms with Gasteiger partial charge in [-0.25, -0.2) is 0 Å². The monoisotopic (exact) mass is 289 g/mol. The first kappa shape index (κ1) is 14.1. The van der Waals surface area contributed by atoms with Crippen molar-refractivity contribution in [3.8, 4) is 0 Å². The third-order valence-corrected chi connectivity index (χ3v) is 2.63. The lowest BCUT2D eigenvalue weighted by Crippen LogP contribution is -2.53. The van der Waals surface area contributed by atoms with Gasteiger partial charge in [-0.1, -0.05) is 0 Å². The predicted molar refractivity (Wildman–Crippen MR) is 59.5 cm³/mol. The van der Waals surface area contributed by atoms with Crippen molar-refractivity contribution in [1.29, 1.82) is 0 Å². The molecule has 6 nitrogen and oxygen atoms in total. The number of imide groups is 1. The van der Waals surface area contributed by atoms with Gasteiger partial charge in [0, 0.05) is 6.20 Å². The Hall–Kier alpha value is -2.32. The Morgan fingerprint density at radius 3 is 2.40 bits per heavy atom. The Kier molecular flexibility index (Phi) is 3.51. The minimum absolute atomic E-state index is 0.218. The lowest BCUT2D eigenvalue weighted by molar-refractivity contribution is -0.141. The maximum absolute atomic E-state index is 12.4. The van der Waals surface area contributed by atoms with Gasteiger partial charge < -0.3 is 9.47 Å². The molecule has 9 heteroatoms. The molecule has 108 valence electrons. The van der Waals surface area contributed by atoms with Crippen molar-refractivity contribution in [3.63, 3.8) is 0 Å². The van der Waals surface area contributed by atoms with Gasteiger partial charge in [0.15, 0.2) is 0 Å². The smallest absolute Gasteiger partial charge is 0.334 e. The van der Waals surface area contributed by atoms with Crippen LogP contribution in [0, 0.1) is 0 Å². The largest absolute Gasteiger partial charge is 0.406 e. The second-order valence-corrected chi connectivity index (χ2v) is 4.27. The highest BCUT2D eigenvalue weighted by atomic mass is 19.4. The fourth-order valence-corrected chi connectivity index (χ4v) is 1.88. The maximum atomic E-state index is 12.4. The molecule has 1 aromatic heterocycles. The van der Waals surface area contributed by atoms with E-state index >= 15 is 0 Å². The topological polar surface area (TPSA) is 71.4 Å². The van der Waals surface area contributed by atoms with E-state index in [4.69, 9.17) is 0 Å². The van der Waals surface area contributed by atoms with Gasteiger partial charge in [-0.05, 0) is 12.1 Å². The Morgan fingerprint density at radius 1 is 1.25 bits per heavy atom. The van der Waals surface area contributed by atoms with Crippen molar-refractivity contribution in [1.82, 2.24) is 14.8 Å². The Morgan fingerprint density at radius 2 is 1.85 bits per heavy atom. The number of nitrogens with zero attached hydrogens (tertiary/aromatic N) is 2. The Labute approximate surface area is 111 Å². The summed E-state index contributed by atoms with van der Waals surface area (Å²) in [6.45, 7) is -2.03. The summed E-state index contributed by atoms with van der Waals surface area (Å²) in [6, 6.07) is 2.51. The van der Waals surface area contributed by atoms with Crippen LogP contribution in [0.2, 0.25) is 0 Å². The van der Waals surface area contributed by atoms with Crippen LogP contribution >= 0.6 is 0 Å². The van der Waals surface area contributed by atoms with Crippen molar-refractivity contribution in [2.45, 2.75) is 12.7 Å². The number of nitrogens with one attached hydrogen (secondary N) is 1. The molecule has 1 aromatic rings. The van der Waals surface area contributed by atoms with Crippen LogP contribution in [-0.2, 0) is 16.1 Å². The molecule has 0 unspecified atom stereocenters. The Balaban J connectivity index is 2.19. The number of hydrogen-bond acceptors (Lipinski definition) is 3. The van der Waals surface area contributed by atoms with Crippen molar-refractivity contribution in [3.05, 3.63) is 24.0 Å². The van der Waals surface area contributed by atoms with E-state index < -0.39 is 30.4 Å². The number of amides is 3. The zero-order valence-electron chi connectivity index (χ0n) is 10.1. The zero-order valence-corrected chi connectivity index (χ0v) is 10.1. The molecule has 0 aromatic carbocycles. The van der Waals surface area contributed by atoms with Crippen molar-refractivity contribution < 1.29 is 27.6 Å². The number of carbonyl (C=O) groups excluding carboxylic acids is 3. The second kappa shape index (κ2) is 4.99. The first-order valence-corrected chi connectivity index (χ1v) is 5.60. The molecular weight excluding hydrogens is 279 g/mol. The number of piperazine rings is 1. The van der Waals surface area contributed by atoms with E-state index in [0.29, 0.717) is 0 Å². The second-order valence-electron chi connectivity index (χ2n) is 4.27. The van der Waals surface area contributed by atoms with E-state index in [-0.39, 0.29) is 18.8 Å². The molecule has 0 bridgehead atoms. The van der Waals surface area contributed by atoms with Gasteiger partial charge in [-0.3, -0.25) is 19.7 Å². The first-order valence-electron chi connectivity index (χ1n) is 5.60. The summed E-state index contributed by atoms with van der Waals surface area (Å²) in [7, 11) is 0. The van der Waals surface area contributed by atoms with Crippen LogP contribution in [0.3, 0.4) is 0 Å². The molecule has 1 N–H and O–H groups in total. The van der Waals surface area contributed by atoms with E-state index in [1.807, 2.05) is 5.32 Å². The minimum atomic E-state index is -4.47. The molecule has 1 fully saturated rings. The molecule has 0 atom stereocenters. The number of alkyl halides is 3. The molecule has 20 heavy (non-hydrogen) atoms. The average Bonchev–Trinajstić information content (AvgIpc) is 2.72. The van der Waals surface area contributed by atoms with Crippen LogP contribution in [0.15, 0.2) is 18.3 Å². The minimum Gasteiger partial charge on any atom is -0.334 e. The van der Waals surface area contributed by atoms with Gasteiger partial charge in [0.05, 0.1) is 0 Å². The summed E-state index contributed by atoms with van der Waals surface area (Å²) < 4.78 is 37.8. The van der Waals surface area contributed by atoms with Crippen LogP contribution in [0.4, 0.5) is 13.2 Å². The van der Waals surface area contributed by atoms with Gasteiger partial charge in [-0.2, -0.15) is 13.2 Å². The van der Waals surface area contributed by atoms with Gasteiger partial charge in [-0.15, -0.1) is 0 Å². The third-order valence-electron chi connectivity index (χ3n) is 2.63. The molecule has 0 aliphatic carbocycles. The van der Waals surface area contributed by atoms with Gasteiger partial charge in [0.1, 0.15) is 25.3 Å². The Bertz CT molecular complexity index is 549. The summed E-state index contributed by atoms with van der Waals surface area (Å²) in [5, 5.41) is 2.00. The summed E-state index contributed by atoms with van der Waals surface area (Å²) in [5.74, 6) is -2.12. The van der Waals surface area contributed by atoms with Crippen LogP contribution < -0.4 is 5.32 Å². The quantitative estimate of drug-likeness (QED) is 0.788. The molecular formula is C11H10F3N3O3. The fraction of sp³-hybridized carbons (Fsp3) is 0.364. The van der Waals surface area contributed by atoms with Crippen LogP contribution in [0.1, 0.15) is 10.5 Å². The lowest BCUT2D eigenvalue weighted by atomic mass is 10.3. The number of hydrogen-bond donors (Lipinski definition) is 1. The predicted octanol–water partition coefficient (Wildman–Crippen LogP) is 0.149. The van der Waals surface area contributed by atoms with E-state index in [0.717, 1.165) is 15.7 Å². The van der Waals surface area contributed by atoms with Crippen molar-refractivity contribution >= 4 is 17.7 Å². The summed E-state index contributed by atoms with van der Waals surface area (Å²) in [6.07, 6.45) is -3.35. The molecule has 1 saturated heterocycles. The molecule has 0 radical (unpaired) electrons. The standard InChI is InChI=1S/C11H10F3N3O3/c12-11(13,14)6-16-3-1-2-7(16)10(20)17-4-8(18)15-9(19)5-17/h1-3H,4-6H2,(H,15,18,19). The molecule has 0 spiro atoms. The van der Waals surface area contributed by atoms with E-state index in [2.05, 4.69) is 0 Å². The SMILES string of the molecule is O=C1CN(C(=O)c2cccn2CC(F)(F)F)CC(=O)N1. The molecule has 1 aliphatic rings. The average molecular weight is 289 g/mol. The first-order chi connectivity index (χ1) is 9.26. The van der Waals surface area contributed by atoms with E-state index in [9.17, 15) is 27.6 Å². The van der Waals surface area contributed by atoms with E-state index in [1.165, 1.54) is 12.1 Å². The molecule has 0 saturated carbocycles. The van der Waals surface area contributed by atoms with Gasteiger partial charge in [0.2, 0.25) is 11.8 Å². The number of halogens is 3.